The molecule has 0 amide bonds. The van der Waals surface area contributed by atoms with E-state index in [0.29, 0.717) is 6.42 Å². The zero-order chi connectivity index (χ0) is 13.1. The van der Waals surface area contributed by atoms with Gasteiger partial charge in [-0.2, -0.15) is 0 Å². The van der Waals surface area contributed by atoms with E-state index >= 15 is 0 Å². The van der Waals surface area contributed by atoms with Gasteiger partial charge < -0.3 is 10.2 Å². The minimum atomic E-state index is -0.912. The lowest BCUT2D eigenvalue weighted by molar-refractivity contribution is -0.139. The molecule has 0 spiro atoms. The first kappa shape index (κ1) is 16.4. The van der Waals surface area contributed by atoms with Crippen LogP contribution in [0.1, 0.15) is 71.6 Å². The van der Waals surface area contributed by atoms with Gasteiger partial charge in [0, 0.05) is 0 Å². The highest BCUT2D eigenvalue weighted by Gasteiger charge is 2.09. The normalized spacial score (nSPS) is 14.5. The van der Waals surface area contributed by atoms with Gasteiger partial charge in [0.15, 0.2) is 0 Å². The summed E-state index contributed by atoms with van der Waals surface area (Å²) in [5, 5.41) is 17.9. The zero-order valence-electron chi connectivity index (χ0n) is 11.3. The van der Waals surface area contributed by atoms with Crippen LogP contribution in [0.25, 0.3) is 0 Å². The minimum absolute atomic E-state index is 0.119. The molecule has 0 aliphatic heterocycles. The topological polar surface area (TPSA) is 57.5 Å². The summed E-state index contributed by atoms with van der Waals surface area (Å²) < 4.78 is 0. The molecular formula is C14H28O3. The molecule has 0 aliphatic rings. The Morgan fingerprint density at radius 3 is 2.12 bits per heavy atom. The van der Waals surface area contributed by atoms with Crippen LogP contribution in [0.2, 0.25) is 0 Å². The summed E-state index contributed by atoms with van der Waals surface area (Å²) in [6.07, 6.45) is 8.28. The molecule has 3 nitrogen and oxygen atoms in total. The highest BCUT2D eigenvalue weighted by Crippen LogP contribution is 2.17. The molecular weight excluding hydrogens is 216 g/mol. The van der Waals surface area contributed by atoms with E-state index in [1.807, 2.05) is 0 Å². The standard InChI is InChI=1S/C14H28O3/c1-3-4-5-8-12(2)9-6-7-10-13(15)11-14(16)17/h12-13,15H,3-11H2,1-2H3,(H,16,17). The summed E-state index contributed by atoms with van der Waals surface area (Å²) in [4.78, 5) is 10.3. The van der Waals surface area contributed by atoms with E-state index in [2.05, 4.69) is 13.8 Å². The van der Waals surface area contributed by atoms with Crippen LogP contribution >= 0.6 is 0 Å². The van der Waals surface area contributed by atoms with E-state index in [4.69, 9.17) is 5.11 Å². The van der Waals surface area contributed by atoms with Crippen molar-refractivity contribution in [3.05, 3.63) is 0 Å². The van der Waals surface area contributed by atoms with E-state index < -0.39 is 12.1 Å². The SMILES string of the molecule is CCCCCC(C)CCCCC(O)CC(=O)O. The third-order valence-corrected chi connectivity index (χ3v) is 3.19. The fourth-order valence-electron chi connectivity index (χ4n) is 2.06. The van der Waals surface area contributed by atoms with Crippen molar-refractivity contribution in [1.82, 2.24) is 0 Å². The largest absolute Gasteiger partial charge is 0.481 e. The quantitative estimate of drug-likeness (QED) is 0.546. The van der Waals surface area contributed by atoms with Crippen LogP contribution in [-0.2, 0) is 4.79 Å². The van der Waals surface area contributed by atoms with Gasteiger partial charge >= 0.3 is 5.97 Å². The van der Waals surface area contributed by atoms with E-state index in [9.17, 15) is 9.90 Å². The third kappa shape index (κ3) is 11.7. The van der Waals surface area contributed by atoms with Gasteiger partial charge in [-0.05, 0) is 12.3 Å². The number of aliphatic carboxylic acids is 1. The predicted octanol–water partition coefficient (Wildman–Crippen LogP) is 3.60. The Kier molecular flexibility index (Phi) is 10.2. The average molecular weight is 244 g/mol. The van der Waals surface area contributed by atoms with Crippen LogP contribution in [0.5, 0.6) is 0 Å². The molecule has 17 heavy (non-hydrogen) atoms. The maximum atomic E-state index is 10.3. The van der Waals surface area contributed by atoms with Crippen molar-refractivity contribution in [2.75, 3.05) is 0 Å². The molecule has 0 aromatic rings. The van der Waals surface area contributed by atoms with Crippen LogP contribution in [0.15, 0.2) is 0 Å². The molecule has 0 rings (SSSR count). The predicted molar refractivity (Wildman–Crippen MR) is 70.0 cm³/mol. The first-order valence-corrected chi connectivity index (χ1v) is 6.96. The first-order valence-electron chi connectivity index (χ1n) is 6.96. The average Bonchev–Trinajstić information content (AvgIpc) is 2.24. The Balaban J connectivity index is 3.34. The van der Waals surface area contributed by atoms with Crippen LogP contribution in [0.3, 0.4) is 0 Å². The minimum Gasteiger partial charge on any atom is -0.481 e. The van der Waals surface area contributed by atoms with Crippen LogP contribution in [-0.4, -0.2) is 22.3 Å². The van der Waals surface area contributed by atoms with Gasteiger partial charge in [0.2, 0.25) is 0 Å². The molecule has 0 bridgehead atoms. The molecule has 0 aliphatic carbocycles. The fraction of sp³-hybridized carbons (Fsp3) is 0.929. The highest BCUT2D eigenvalue weighted by molar-refractivity contribution is 5.67. The molecule has 0 saturated carbocycles. The van der Waals surface area contributed by atoms with E-state index in [0.717, 1.165) is 18.8 Å². The van der Waals surface area contributed by atoms with Crippen molar-refractivity contribution in [2.24, 2.45) is 5.92 Å². The molecule has 102 valence electrons. The van der Waals surface area contributed by atoms with Crippen molar-refractivity contribution in [1.29, 1.82) is 0 Å². The molecule has 0 saturated heterocycles. The Morgan fingerprint density at radius 1 is 1.06 bits per heavy atom. The Labute approximate surface area is 105 Å². The molecule has 0 fully saturated rings. The lowest BCUT2D eigenvalue weighted by Gasteiger charge is -2.11. The number of unbranched alkanes of at least 4 members (excludes halogenated alkanes) is 3. The van der Waals surface area contributed by atoms with Gasteiger partial charge in [0.1, 0.15) is 0 Å². The van der Waals surface area contributed by atoms with Gasteiger partial charge in [-0.3, -0.25) is 4.79 Å². The Hall–Kier alpha value is -0.570. The van der Waals surface area contributed by atoms with E-state index in [-0.39, 0.29) is 6.42 Å². The number of carbonyl (C=O) groups is 1. The third-order valence-electron chi connectivity index (χ3n) is 3.19. The molecule has 2 N–H and O–H groups in total. The highest BCUT2D eigenvalue weighted by atomic mass is 16.4. The molecule has 2 unspecified atom stereocenters. The number of rotatable bonds is 11. The number of carboxylic acids is 1. The first-order chi connectivity index (χ1) is 8.06. The number of carboxylic acid groups (broad SMARTS) is 1. The lowest BCUT2D eigenvalue weighted by atomic mass is 9.96. The number of aliphatic hydroxyl groups excluding tert-OH is 1. The van der Waals surface area contributed by atoms with Crippen LogP contribution in [0.4, 0.5) is 0 Å². The molecule has 0 aromatic heterocycles. The monoisotopic (exact) mass is 244 g/mol. The van der Waals surface area contributed by atoms with E-state index in [1.165, 1.54) is 32.1 Å². The van der Waals surface area contributed by atoms with Crippen molar-refractivity contribution < 1.29 is 15.0 Å². The summed E-state index contributed by atoms with van der Waals surface area (Å²) in [7, 11) is 0. The molecule has 0 aromatic carbocycles. The number of hydrogen-bond donors (Lipinski definition) is 2. The van der Waals surface area contributed by atoms with Crippen LogP contribution in [0, 0.1) is 5.92 Å². The van der Waals surface area contributed by atoms with Gasteiger partial charge in [0.25, 0.3) is 0 Å². The zero-order valence-corrected chi connectivity index (χ0v) is 11.3. The second-order valence-electron chi connectivity index (χ2n) is 5.14. The summed E-state index contributed by atoms with van der Waals surface area (Å²) in [6.45, 7) is 4.50. The van der Waals surface area contributed by atoms with Crippen LogP contribution < -0.4 is 0 Å². The molecule has 3 heteroatoms. The van der Waals surface area contributed by atoms with Crippen molar-refractivity contribution in [3.8, 4) is 0 Å². The fourth-order valence-corrected chi connectivity index (χ4v) is 2.06. The molecule has 0 radical (unpaired) electrons. The van der Waals surface area contributed by atoms with Gasteiger partial charge in [0.05, 0.1) is 12.5 Å². The molecule has 2 atom stereocenters. The second-order valence-corrected chi connectivity index (χ2v) is 5.14. The van der Waals surface area contributed by atoms with Gasteiger partial charge in [-0.1, -0.05) is 58.8 Å². The Morgan fingerprint density at radius 2 is 1.59 bits per heavy atom. The Bertz CT molecular complexity index is 192. The number of hydrogen-bond acceptors (Lipinski definition) is 2. The second kappa shape index (κ2) is 10.6. The maximum absolute atomic E-state index is 10.3. The maximum Gasteiger partial charge on any atom is 0.305 e. The van der Waals surface area contributed by atoms with E-state index in [1.54, 1.807) is 0 Å². The van der Waals surface area contributed by atoms with Gasteiger partial charge in [-0.15, -0.1) is 0 Å². The number of aliphatic hydroxyl groups is 1. The van der Waals surface area contributed by atoms with Crippen molar-refractivity contribution >= 4 is 5.97 Å². The summed E-state index contributed by atoms with van der Waals surface area (Å²) >= 11 is 0. The summed E-state index contributed by atoms with van der Waals surface area (Å²) in [5.74, 6) is -0.149. The van der Waals surface area contributed by atoms with Crippen molar-refractivity contribution in [3.63, 3.8) is 0 Å². The summed E-state index contributed by atoms with van der Waals surface area (Å²) in [5.41, 5.74) is 0. The summed E-state index contributed by atoms with van der Waals surface area (Å²) in [6, 6.07) is 0. The smallest absolute Gasteiger partial charge is 0.305 e. The van der Waals surface area contributed by atoms with Crippen molar-refractivity contribution in [2.45, 2.75) is 77.7 Å². The lowest BCUT2D eigenvalue weighted by Crippen LogP contribution is -2.12. The van der Waals surface area contributed by atoms with Gasteiger partial charge in [-0.25, -0.2) is 0 Å². The molecule has 0 heterocycles.